The van der Waals surface area contributed by atoms with Crippen LogP contribution in [0.3, 0.4) is 0 Å². The molecular weight excluding hydrogens is 318 g/mol. The molecule has 2 atom stereocenters. The Balaban J connectivity index is 1.48. The lowest BCUT2D eigenvalue weighted by Gasteiger charge is -2.37. The lowest BCUT2D eigenvalue weighted by Crippen LogP contribution is -2.53. The van der Waals surface area contributed by atoms with E-state index in [0.717, 1.165) is 51.5 Å². The van der Waals surface area contributed by atoms with Crippen LogP contribution in [-0.4, -0.2) is 63.0 Å². The third-order valence-electron chi connectivity index (χ3n) is 5.03. The second-order valence-corrected chi connectivity index (χ2v) is 6.89. The van der Waals surface area contributed by atoms with Crippen LogP contribution in [0.4, 0.5) is 4.79 Å². The molecular formula is C19H29N3O3. The van der Waals surface area contributed by atoms with E-state index >= 15 is 0 Å². The van der Waals surface area contributed by atoms with Gasteiger partial charge < -0.3 is 20.1 Å². The third kappa shape index (κ3) is 5.42. The maximum absolute atomic E-state index is 12.2. The van der Waals surface area contributed by atoms with Crippen LogP contribution in [0.15, 0.2) is 24.3 Å². The molecule has 2 aliphatic heterocycles. The number of rotatable bonds is 6. The maximum atomic E-state index is 12.2. The predicted octanol–water partition coefficient (Wildman–Crippen LogP) is 1.53. The number of carbonyl (C=O) groups is 1. The summed E-state index contributed by atoms with van der Waals surface area (Å²) in [7, 11) is 0. The van der Waals surface area contributed by atoms with Crippen LogP contribution >= 0.6 is 0 Å². The number of urea groups is 1. The Labute approximate surface area is 149 Å². The third-order valence-corrected chi connectivity index (χ3v) is 5.03. The lowest BCUT2D eigenvalue weighted by molar-refractivity contribution is 0.00212. The van der Waals surface area contributed by atoms with Crippen LogP contribution < -0.4 is 10.6 Å². The standard InChI is InChI=1S/C19H29N3O3/c1-15-3-2-4-16(11-15)12-20-19(23)21-13-18(17-5-8-25-14-17)22-6-9-24-10-7-22/h2-4,11,17-18H,5-10,12-14H2,1H3,(H2,20,21,23). The molecule has 0 spiro atoms. The van der Waals surface area contributed by atoms with E-state index < -0.39 is 0 Å². The summed E-state index contributed by atoms with van der Waals surface area (Å²) in [6, 6.07) is 8.39. The number of nitrogens with zero attached hydrogens (tertiary/aromatic N) is 1. The first-order valence-corrected chi connectivity index (χ1v) is 9.19. The van der Waals surface area contributed by atoms with E-state index in [0.29, 0.717) is 25.0 Å². The Morgan fingerprint density at radius 1 is 1.24 bits per heavy atom. The highest BCUT2D eigenvalue weighted by Gasteiger charge is 2.31. The van der Waals surface area contributed by atoms with Crippen molar-refractivity contribution < 1.29 is 14.3 Å². The van der Waals surface area contributed by atoms with E-state index in [1.54, 1.807) is 0 Å². The zero-order chi connectivity index (χ0) is 17.5. The molecule has 6 nitrogen and oxygen atoms in total. The summed E-state index contributed by atoms with van der Waals surface area (Å²) in [5.74, 6) is 0.482. The zero-order valence-corrected chi connectivity index (χ0v) is 15.0. The molecule has 1 aromatic rings. The summed E-state index contributed by atoms with van der Waals surface area (Å²) in [4.78, 5) is 14.6. The minimum Gasteiger partial charge on any atom is -0.381 e. The van der Waals surface area contributed by atoms with Gasteiger partial charge in [0.1, 0.15) is 0 Å². The topological polar surface area (TPSA) is 62.8 Å². The van der Waals surface area contributed by atoms with Gasteiger partial charge in [-0.25, -0.2) is 4.79 Å². The molecule has 2 fully saturated rings. The van der Waals surface area contributed by atoms with Crippen molar-refractivity contribution in [1.82, 2.24) is 15.5 Å². The number of hydrogen-bond donors (Lipinski definition) is 2. The lowest BCUT2D eigenvalue weighted by atomic mass is 9.97. The first-order valence-electron chi connectivity index (χ1n) is 9.19. The van der Waals surface area contributed by atoms with E-state index in [1.165, 1.54) is 5.56 Å². The molecule has 2 aliphatic rings. The van der Waals surface area contributed by atoms with Gasteiger partial charge in [-0.3, -0.25) is 4.90 Å². The van der Waals surface area contributed by atoms with Gasteiger partial charge in [-0.05, 0) is 18.9 Å². The molecule has 2 heterocycles. The van der Waals surface area contributed by atoms with Crippen LogP contribution in [-0.2, 0) is 16.0 Å². The van der Waals surface area contributed by atoms with Crippen molar-refractivity contribution in [2.75, 3.05) is 46.1 Å². The van der Waals surface area contributed by atoms with Gasteiger partial charge in [0.2, 0.25) is 0 Å². The van der Waals surface area contributed by atoms with E-state index in [1.807, 2.05) is 12.1 Å². The molecule has 2 amide bonds. The Bertz CT molecular complexity index is 555. The van der Waals surface area contributed by atoms with E-state index in [-0.39, 0.29) is 6.03 Å². The quantitative estimate of drug-likeness (QED) is 0.819. The van der Waals surface area contributed by atoms with Crippen LogP contribution in [0, 0.1) is 12.8 Å². The van der Waals surface area contributed by atoms with Gasteiger partial charge in [0.15, 0.2) is 0 Å². The van der Waals surface area contributed by atoms with Crippen molar-refractivity contribution in [3.8, 4) is 0 Å². The SMILES string of the molecule is Cc1cccc(CNC(=O)NCC(C2CCOC2)N2CCOCC2)c1. The highest BCUT2D eigenvalue weighted by molar-refractivity contribution is 5.73. The second-order valence-electron chi connectivity index (χ2n) is 6.89. The number of ether oxygens (including phenoxy) is 2. The average Bonchev–Trinajstić information content (AvgIpc) is 3.15. The average molecular weight is 347 g/mol. The monoisotopic (exact) mass is 347 g/mol. The molecule has 0 radical (unpaired) electrons. The molecule has 2 saturated heterocycles. The van der Waals surface area contributed by atoms with Gasteiger partial charge in [-0.15, -0.1) is 0 Å². The molecule has 25 heavy (non-hydrogen) atoms. The number of hydrogen-bond acceptors (Lipinski definition) is 4. The molecule has 0 saturated carbocycles. The summed E-state index contributed by atoms with van der Waals surface area (Å²) in [6.45, 7) is 8.24. The summed E-state index contributed by atoms with van der Waals surface area (Å²) < 4.78 is 11.0. The van der Waals surface area contributed by atoms with Crippen LogP contribution in [0.2, 0.25) is 0 Å². The number of benzene rings is 1. The fraction of sp³-hybridized carbons (Fsp3) is 0.632. The summed E-state index contributed by atoms with van der Waals surface area (Å²) >= 11 is 0. The summed E-state index contributed by atoms with van der Waals surface area (Å²) in [6.07, 6.45) is 1.06. The van der Waals surface area contributed by atoms with Crippen molar-refractivity contribution in [3.05, 3.63) is 35.4 Å². The minimum absolute atomic E-state index is 0.112. The number of carbonyl (C=O) groups excluding carboxylic acids is 1. The zero-order valence-electron chi connectivity index (χ0n) is 15.0. The van der Waals surface area contributed by atoms with Crippen molar-refractivity contribution in [2.45, 2.75) is 25.9 Å². The molecule has 2 unspecified atom stereocenters. The highest BCUT2D eigenvalue weighted by Crippen LogP contribution is 2.21. The van der Waals surface area contributed by atoms with Crippen molar-refractivity contribution >= 4 is 6.03 Å². The normalized spacial score (nSPS) is 22.5. The second kappa shape index (κ2) is 9.17. The van der Waals surface area contributed by atoms with E-state index in [2.05, 4.69) is 34.6 Å². The summed E-state index contributed by atoms with van der Waals surface area (Å²) in [5.41, 5.74) is 2.32. The van der Waals surface area contributed by atoms with Crippen LogP contribution in [0.5, 0.6) is 0 Å². The number of nitrogens with one attached hydrogen (secondary N) is 2. The highest BCUT2D eigenvalue weighted by atomic mass is 16.5. The first kappa shape index (κ1) is 18.2. The number of morpholine rings is 1. The Morgan fingerprint density at radius 2 is 2.08 bits per heavy atom. The Morgan fingerprint density at radius 3 is 2.80 bits per heavy atom. The van der Waals surface area contributed by atoms with Gasteiger partial charge in [0.25, 0.3) is 0 Å². The Kier molecular flexibility index (Phi) is 6.67. The molecule has 0 aromatic heterocycles. The van der Waals surface area contributed by atoms with Crippen LogP contribution in [0.25, 0.3) is 0 Å². The molecule has 2 N–H and O–H groups in total. The number of amides is 2. The predicted molar refractivity (Wildman–Crippen MR) is 96.5 cm³/mol. The van der Waals surface area contributed by atoms with Crippen molar-refractivity contribution in [2.24, 2.45) is 5.92 Å². The first-order chi connectivity index (χ1) is 12.2. The Hall–Kier alpha value is -1.63. The molecule has 0 bridgehead atoms. The van der Waals surface area contributed by atoms with Gasteiger partial charge in [-0.1, -0.05) is 29.8 Å². The summed E-state index contributed by atoms with van der Waals surface area (Å²) in [5, 5.41) is 6.00. The fourth-order valence-corrected chi connectivity index (χ4v) is 3.62. The largest absolute Gasteiger partial charge is 0.381 e. The van der Waals surface area contributed by atoms with Gasteiger partial charge in [0, 0.05) is 44.7 Å². The fourth-order valence-electron chi connectivity index (χ4n) is 3.62. The molecule has 0 aliphatic carbocycles. The molecule has 1 aromatic carbocycles. The van der Waals surface area contributed by atoms with Gasteiger partial charge in [-0.2, -0.15) is 0 Å². The smallest absolute Gasteiger partial charge is 0.315 e. The minimum atomic E-state index is -0.112. The van der Waals surface area contributed by atoms with E-state index in [4.69, 9.17) is 9.47 Å². The molecule has 138 valence electrons. The van der Waals surface area contributed by atoms with Gasteiger partial charge >= 0.3 is 6.03 Å². The molecule has 6 heteroatoms. The van der Waals surface area contributed by atoms with Crippen LogP contribution in [0.1, 0.15) is 17.5 Å². The maximum Gasteiger partial charge on any atom is 0.315 e. The van der Waals surface area contributed by atoms with Gasteiger partial charge in [0.05, 0.1) is 19.8 Å². The van der Waals surface area contributed by atoms with Crippen molar-refractivity contribution in [3.63, 3.8) is 0 Å². The number of aryl methyl sites for hydroxylation is 1. The molecule has 3 rings (SSSR count). The van der Waals surface area contributed by atoms with Crippen molar-refractivity contribution in [1.29, 1.82) is 0 Å². The van der Waals surface area contributed by atoms with E-state index in [9.17, 15) is 4.79 Å².